The van der Waals surface area contributed by atoms with Crippen molar-refractivity contribution in [2.24, 2.45) is 11.1 Å². The van der Waals surface area contributed by atoms with E-state index in [2.05, 4.69) is 50.2 Å². The van der Waals surface area contributed by atoms with E-state index in [1.54, 1.807) is 0 Å². The number of hydrogen-bond acceptors (Lipinski definition) is 3. The minimum atomic E-state index is -0.185. The molecule has 1 aliphatic heterocycles. The first-order valence-electron chi connectivity index (χ1n) is 6.62. The van der Waals surface area contributed by atoms with Gasteiger partial charge in [0.25, 0.3) is 0 Å². The fourth-order valence-electron chi connectivity index (χ4n) is 2.36. The summed E-state index contributed by atoms with van der Waals surface area (Å²) in [6.07, 6.45) is 0.741. The molecule has 0 saturated carbocycles. The Labute approximate surface area is 108 Å². The van der Waals surface area contributed by atoms with Gasteiger partial charge in [-0.15, -0.1) is 0 Å². The van der Waals surface area contributed by atoms with Crippen molar-refractivity contribution in [3.05, 3.63) is 35.4 Å². The molecular formula is C15H21NO2. The maximum absolute atomic E-state index is 9.25. The van der Waals surface area contributed by atoms with Crippen LogP contribution in [0.15, 0.2) is 29.4 Å². The zero-order valence-corrected chi connectivity index (χ0v) is 11.3. The highest BCUT2D eigenvalue weighted by Crippen LogP contribution is 2.26. The molecule has 18 heavy (non-hydrogen) atoms. The molecule has 2 atom stereocenters. The second-order valence-corrected chi connectivity index (χ2v) is 5.09. The number of hydrogen-bond donors (Lipinski definition) is 1. The Hall–Kier alpha value is -1.35. The van der Waals surface area contributed by atoms with Crippen molar-refractivity contribution in [1.29, 1.82) is 0 Å². The van der Waals surface area contributed by atoms with E-state index in [1.165, 1.54) is 5.56 Å². The van der Waals surface area contributed by atoms with Gasteiger partial charge in [0.15, 0.2) is 6.10 Å². The SMILES string of the molecule is CCC1C(c2ccc(C(C)C)cc2)=NO[C@H]1CO. The number of aliphatic hydroxyl groups is 1. The third-order valence-corrected chi connectivity index (χ3v) is 3.58. The van der Waals surface area contributed by atoms with Crippen LogP contribution in [-0.2, 0) is 4.84 Å². The van der Waals surface area contributed by atoms with Crippen LogP contribution in [0, 0.1) is 5.92 Å². The van der Waals surface area contributed by atoms with Crippen LogP contribution in [-0.4, -0.2) is 23.5 Å². The normalized spacial score (nSPS) is 23.1. The average Bonchev–Trinajstić information content (AvgIpc) is 2.81. The zero-order chi connectivity index (χ0) is 13.1. The lowest BCUT2D eigenvalue weighted by Gasteiger charge is -2.15. The predicted octanol–water partition coefficient (Wildman–Crippen LogP) is 2.93. The monoisotopic (exact) mass is 247 g/mol. The molecule has 1 aromatic rings. The molecule has 1 heterocycles. The van der Waals surface area contributed by atoms with E-state index < -0.39 is 0 Å². The fourth-order valence-corrected chi connectivity index (χ4v) is 2.36. The molecule has 1 aliphatic rings. The van der Waals surface area contributed by atoms with E-state index in [9.17, 15) is 5.11 Å². The fraction of sp³-hybridized carbons (Fsp3) is 0.533. The highest BCUT2D eigenvalue weighted by molar-refractivity contribution is 6.03. The van der Waals surface area contributed by atoms with Crippen molar-refractivity contribution in [3.8, 4) is 0 Å². The van der Waals surface area contributed by atoms with Crippen LogP contribution in [0.1, 0.15) is 44.2 Å². The average molecular weight is 247 g/mol. The van der Waals surface area contributed by atoms with E-state index in [0.717, 1.165) is 17.7 Å². The standard InChI is InChI=1S/C15H21NO2/c1-4-13-14(9-17)18-16-15(13)12-7-5-11(6-8-12)10(2)3/h5-8,10,13-14,17H,4,9H2,1-3H3/t13?,14-/m0/s1. The maximum atomic E-state index is 9.25. The molecule has 0 aliphatic carbocycles. The van der Waals surface area contributed by atoms with Gasteiger partial charge in [-0.25, -0.2) is 0 Å². The smallest absolute Gasteiger partial charge is 0.158 e. The van der Waals surface area contributed by atoms with Gasteiger partial charge in [0.2, 0.25) is 0 Å². The lowest BCUT2D eigenvalue weighted by atomic mass is 9.89. The summed E-state index contributed by atoms with van der Waals surface area (Å²) in [6, 6.07) is 8.48. The van der Waals surface area contributed by atoms with E-state index in [0.29, 0.717) is 5.92 Å². The molecule has 3 nitrogen and oxygen atoms in total. The number of nitrogens with zero attached hydrogens (tertiary/aromatic N) is 1. The van der Waals surface area contributed by atoms with Gasteiger partial charge >= 0.3 is 0 Å². The molecule has 0 fully saturated rings. The molecule has 1 aromatic carbocycles. The quantitative estimate of drug-likeness (QED) is 0.888. The molecule has 2 rings (SSSR count). The number of oxime groups is 1. The number of benzene rings is 1. The van der Waals surface area contributed by atoms with Crippen molar-refractivity contribution in [2.45, 2.75) is 39.2 Å². The molecule has 0 bridgehead atoms. The van der Waals surface area contributed by atoms with Crippen LogP contribution in [0.4, 0.5) is 0 Å². The van der Waals surface area contributed by atoms with Crippen LogP contribution >= 0.6 is 0 Å². The van der Waals surface area contributed by atoms with Crippen LogP contribution in [0.2, 0.25) is 0 Å². The molecule has 0 saturated heterocycles. The molecule has 1 unspecified atom stereocenters. The minimum absolute atomic E-state index is 0.0234. The van der Waals surface area contributed by atoms with E-state index in [1.807, 2.05) is 0 Å². The van der Waals surface area contributed by atoms with Crippen molar-refractivity contribution in [3.63, 3.8) is 0 Å². The van der Waals surface area contributed by atoms with Crippen molar-refractivity contribution >= 4 is 5.71 Å². The minimum Gasteiger partial charge on any atom is -0.392 e. The van der Waals surface area contributed by atoms with Crippen molar-refractivity contribution in [1.82, 2.24) is 0 Å². The van der Waals surface area contributed by atoms with Gasteiger partial charge < -0.3 is 9.94 Å². The summed E-state index contributed by atoms with van der Waals surface area (Å²) in [4.78, 5) is 5.29. The van der Waals surface area contributed by atoms with Crippen LogP contribution in [0.5, 0.6) is 0 Å². The summed E-state index contributed by atoms with van der Waals surface area (Å²) in [7, 11) is 0. The molecular weight excluding hydrogens is 226 g/mol. The Bertz CT molecular complexity index is 423. The highest BCUT2D eigenvalue weighted by atomic mass is 16.6. The third kappa shape index (κ3) is 2.41. The zero-order valence-electron chi connectivity index (χ0n) is 11.3. The Kier molecular flexibility index (Phi) is 4.02. The molecule has 98 valence electrons. The first-order valence-corrected chi connectivity index (χ1v) is 6.62. The van der Waals surface area contributed by atoms with Gasteiger partial charge in [-0.1, -0.05) is 50.2 Å². The summed E-state index contributed by atoms with van der Waals surface area (Å²) in [5, 5.41) is 13.4. The number of rotatable bonds is 4. The van der Waals surface area contributed by atoms with Crippen LogP contribution < -0.4 is 0 Å². The molecule has 0 spiro atoms. The number of aliphatic hydroxyl groups excluding tert-OH is 1. The summed E-state index contributed by atoms with van der Waals surface area (Å²) < 4.78 is 0. The van der Waals surface area contributed by atoms with Gasteiger partial charge in [-0.05, 0) is 23.5 Å². The molecule has 1 N–H and O–H groups in total. The van der Waals surface area contributed by atoms with E-state index in [-0.39, 0.29) is 18.6 Å². The second kappa shape index (κ2) is 5.53. The molecule has 0 radical (unpaired) electrons. The van der Waals surface area contributed by atoms with Gasteiger partial charge in [0, 0.05) is 5.92 Å². The lowest BCUT2D eigenvalue weighted by Crippen LogP contribution is -2.26. The molecule has 3 heteroatoms. The topological polar surface area (TPSA) is 41.8 Å². The predicted molar refractivity (Wildman–Crippen MR) is 72.8 cm³/mol. The van der Waals surface area contributed by atoms with Crippen molar-refractivity contribution < 1.29 is 9.94 Å². The highest BCUT2D eigenvalue weighted by Gasteiger charge is 2.32. The summed E-state index contributed by atoms with van der Waals surface area (Å²) in [6.45, 7) is 6.49. The van der Waals surface area contributed by atoms with Gasteiger partial charge in [-0.3, -0.25) is 0 Å². The Morgan fingerprint density at radius 3 is 2.44 bits per heavy atom. The second-order valence-electron chi connectivity index (χ2n) is 5.09. The summed E-state index contributed by atoms with van der Waals surface area (Å²) in [5.41, 5.74) is 3.39. The maximum Gasteiger partial charge on any atom is 0.158 e. The van der Waals surface area contributed by atoms with Gasteiger partial charge in [0.05, 0.1) is 12.3 Å². The Morgan fingerprint density at radius 1 is 1.28 bits per heavy atom. The molecule has 0 amide bonds. The van der Waals surface area contributed by atoms with Crippen LogP contribution in [0.3, 0.4) is 0 Å². The first-order chi connectivity index (χ1) is 8.67. The Balaban J connectivity index is 2.21. The molecule has 0 aromatic heterocycles. The third-order valence-electron chi connectivity index (χ3n) is 3.58. The Morgan fingerprint density at radius 2 is 1.94 bits per heavy atom. The van der Waals surface area contributed by atoms with Crippen LogP contribution in [0.25, 0.3) is 0 Å². The van der Waals surface area contributed by atoms with E-state index >= 15 is 0 Å². The van der Waals surface area contributed by atoms with Gasteiger partial charge in [0.1, 0.15) is 0 Å². The summed E-state index contributed by atoms with van der Waals surface area (Å²) >= 11 is 0. The summed E-state index contributed by atoms with van der Waals surface area (Å²) in [5.74, 6) is 0.730. The van der Waals surface area contributed by atoms with E-state index in [4.69, 9.17) is 4.84 Å². The van der Waals surface area contributed by atoms with Crippen molar-refractivity contribution in [2.75, 3.05) is 6.61 Å². The first kappa shape index (κ1) is 13.1. The van der Waals surface area contributed by atoms with Gasteiger partial charge in [-0.2, -0.15) is 0 Å². The largest absolute Gasteiger partial charge is 0.392 e. The lowest BCUT2D eigenvalue weighted by molar-refractivity contribution is 0.0172.